The maximum absolute atomic E-state index is 9.05. The van der Waals surface area contributed by atoms with Crippen LogP contribution in [-0.4, -0.2) is 4.98 Å². The second kappa shape index (κ2) is 5.52. The van der Waals surface area contributed by atoms with Crippen LogP contribution in [0.2, 0.25) is 5.02 Å². The summed E-state index contributed by atoms with van der Waals surface area (Å²) in [6.45, 7) is 2.19. The summed E-state index contributed by atoms with van der Waals surface area (Å²) in [5.74, 6) is 0.359. The first-order valence-corrected chi connectivity index (χ1v) is 5.81. The van der Waals surface area contributed by atoms with Gasteiger partial charge in [0.1, 0.15) is 18.2 Å². The van der Waals surface area contributed by atoms with Gasteiger partial charge in [-0.1, -0.05) is 23.7 Å². The van der Waals surface area contributed by atoms with Gasteiger partial charge in [0.2, 0.25) is 5.88 Å². The molecule has 0 radical (unpaired) electrons. The Morgan fingerprint density at radius 1 is 1.39 bits per heavy atom. The smallest absolute Gasteiger partial charge is 0.232 e. The number of pyridine rings is 1. The second-order valence-corrected chi connectivity index (χ2v) is 4.27. The van der Waals surface area contributed by atoms with Crippen molar-refractivity contribution in [3.05, 3.63) is 58.2 Å². The van der Waals surface area contributed by atoms with Gasteiger partial charge in [-0.05, 0) is 36.2 Å². The molecule has 3 nitrogen and oxygen atoms in total. The first-order chi connectivity index (χ1) is 8.70. The molecule has 0 N–H and O–H groups in total. The lowest BCUT2D eigenvalue weighted by atomic mass is 10.2. The van der Waals surface area contributed by atoms with Gasteiger partial charge in [0.05, 0.1) is 0 Å². The fourth-order valence-electron chi connectivity index (χ4n) is 1.56. The maximum atomic E-state index is 9.05. The van der Waals surface area contributed by atoms with Crippen molar-refractivity contribution in [1.82, 2.24) is 4.98 Å². The zero-order chi connectivity index (χ0) is 13.0. The molecule has 0 amide bonds. The summed E-state index contributed by atoms with van der Waals surface area (Å²) in [7, 11) is 0. The molecule has 0 spiro atoms. The molecule has 0 aliphatic heterocycles. The van der Waals surface area contributed by atoms with Crippen molar-refractivity contribution in [2.75, 3.05) is 0 Å². The number of hydrogen-bond donors (Lipinski definition) is 0. The third-order valence-corrected chi connectivity index (χ3v) is 2.74. The summed E-state index contributed by atoms with van der Waals surface area (Å²) < 4.78 is 5.56. The van der Waals surface area contributed by atoms with E-state index in [-0.39, 0.29) is 0 Å². The lowest BCUT2D eigenvalue weighted by Gasteiger charge is -2.08. The number of aryl methyl sites for hydroxylation is 1. The fourth-order valence-corrected chi connectivity index (χ4v) is 1.77. The average molecular weight is 259 g/mol. The van der Waals surface area contributed by atoms with Crippen LogP contribution >= 0.6 is 11.6 Å². The van der Waals surface area contributed by atoms with Crippen LogP contribution in [0.15, 0.2) is 36.5 Å². The van der Waals surface area contributed by atoms with Gasteiger partial charge in [0, 0.05) is 11.2 Å². The molecule has 0 saturated heterocycles. The van der Waals surface area contributed by atoms with Crippen LogP contribution in [0.4, 0.5) is 0 Å². The molecule has 0 fully saturated rings. The molecule has 0 saturated carbocycles. The molecular formula is C14H11ClN2O. The topological polar surface area (TPSA) is 45.9 Å². The van der Waals surface area contributed by atoms with Gasteiger partial charge in [0.25, 0.3) is 0 Å². The number of halogens is 1. The highest BCUT2D eigenvalue weighted by Gasteiger charge is 2.07. The van der Waals surface area contributed by atoms with E-state index in [4.69, 9.17) is 21.6 Å². The maximum Gasteiger partial charge on any atom is 0.232 e. The van der Waals surface area contributed by atoms with Crippen molar-refractivity contribution in [3.8, 4) is 11.9 Å². The van der Waals surface area contributed by atoms with E-state index in [1.807, 2.05) is 25.1 Å². The van der Waals surface area contributed by atoms with Gasteiger partial charge in [-0.25, -0.2) is 4.98 Å². The van der Waals surface area contributed by atoms with Gasteiger partial charge < -0.3 is 4.74 Å². The second-order valence-electron chi connectivity index (χ2n) is 3.84. The summed E-state index contributed by atoms with van der Waals surface area (Å²) in [5.41, 5.74) is 2.27. The molecule has 0 unspecified atom stereocenters. The van der Waals surface area contributed by atoms with E-state index in [1.54, 1.807) is 18.3 Å². The van der Waals surface area contributed by atoms with E-state index in [9.17, 15) is 0 Å². The molecular weight excluding hydrogens is 248 g/mol. The Morgan fingerprint density at radius 3 is 2.94 bits per heavy atom. The number of benzene rings is 1. The van der Waals surface area contributed by atoms with Crippen LogP contribution in [0.5, 0.6) is 5.88 Å². The van der Waals surface area contributed by atoms with E-state index >= 15 is 0 Å². The highest BCUT2D eigenvalue weighted by atomic mass is 35.5. The Kier molecular flexibility index (Phi) is 3.81. The van der Waals surface area contributed by atoms with Gasteiger partial charge in [-0.3, -0.25) is 0 Å². The molecule has 0 aliphatic rings. The first kappa shape index (κ1) is 12.4. The predicted molar refractivity (Wildman–Crippen MR) is 69.5 cm³/mol. The lowest BCUT2D eigenvalue weighted by Crippen LogP contribution is -2.00. The van der Waals surface area contributed by atoms with Gasteiger partial charge in [0.15, 0.2) is 0 Å². The van der Waals surface area contributed by atoms with Crippen LogP contribution in [0, 0.1) is 18.3 Å². The van der Waals surface area contributed by atoms with Crippen molar-refractivity contribution in [1.29, 1.82) is 5.26 Å². The van der Waals surface area contributed by atoms with E-state index in [0.717, 1.165) is 11.1 Å². The number of nitriles is 1. The molecule has 0 atom stereocenters. The number of hydrogen-bond acceptors (Lipinski definition) is 3. The summed E-state index contributed by atoms with van der Waals surface area (Å²) in [6.07, 6.45) is 1.63. The minimum absolute atomic E-state index is 0.339. The van der Waals surface area contributed by atoms with E-state index in [2.05, 4.69) is 11.1 Å². The number of aromatic nitrogens is 1. The summed E-state index contributed by atoms with van der Waals surface area (Å²) in [5, 5.41) is 9.71. The zero-order valence-electron chi connectivity index (χ0n) is 9.85. The predicted octanol–water partition coefficient (Wildman–Crippen LogP) is 3.49. The number of nitrogens with zero attached hydrogens (tertiary/aromatic N) is 2. The largest absolute Gasteiger partial charge is 0.472 e. The highest BCUT2D eigenvalue weighted by molar-refractivity contribution is 6.30. The first-order valence-electron chi connectivity index (χ1n) is 5.43. The fraction of sp³-hybridized carbons (Fsp3) is 0.143. The average Bonchev–Trinajstić information content (AvgIpc) is 2.36. The molecule has 1 heterocycles. The number of rotatable bonds is 3. The van der Waals surface area contributed by atoms with Crippen LogP contribution in [0.3, 0.4) is 0 Å². The normalized spacial score (nSPS) is 9.83. The van der Waals surface area contributed by atoms with Gasteiger partial charge >= 0.3 is 0 Å². The molecule has 1 aromatic carbocycles. The van der Waals surface area contributed by atoms with Crippen molar-refractivity contribution < 1.29 is 4.74 Å². The third-order valence-electron chi connectivity index (χ3n) is 2.50. The van der Waals surface area contributed by atoms with Gasteiger partial charge in [-0.2, -0.15) is 5.26 Å². The minimum Gasteiger partial charge on any atom is -0.472 e. The molecule has 1 aromatic heterocycles. The Hall–Kier alpha value is -2.05. The van der Waals surface area contributed by atoms with Crippen LogP contribution < -0.4 is 4.74 Å². The molecule has 90 valence electrons. The quantitative estimate of drug-likeness (QED) is 0.847. The van der Waals surface area contributed by atoms with Gasteiger partial charge in [-0.15, -0.1) is 0 Å². The van der Waals surface area contributed by atoms with Crippen molar-refractivity contribution in [2.24, 2.45) is 0 Å². The summed E-state index contributed by atoms with van der Waals surface area (Å²) in [6, 6.07) is 11.3. The molecule has 0 aliphatic carbocycles. The summed E-state index contributed by atoms with van der Waals surface area (Å²) in [4.78, 5) is 4.07. The Morgan fingerprint density at radius 2 is 2.22 bits per heavy atom. The molecule has 4 heteroatoms. The van der Waals surface area contributed by atoms with Crippen LogP contribution in [0.1, 0.15) is 16.7 Å². The molecule has 18 heavy (non-hydrogen) atoms. The zero-order valence-corrected chi connectivity index (χ0v) is 10.6. The summed E-state index contributed by atoms with van der Waals surface area (Å²) >= 11 is 5.89. The van der Waals surface area contributed by atoms with Crippen LogP contribution in [0.25, 0.3) is 0 Å². The Balaban J connectivity index is 2.16. The number of ether oxygens (including phenoxy) is 1. The third kappa shape index (κ3) is 2.79. The van der Waals surface area contributed by atoms with E-state index in [1.165, 1.54) is 0 Å². The SMILES string of the molecule is Cc1ccnc(OCc2cccc(Cl)c2)c1C#N. The van der Waals surface area contributed by atoms with Crippen molar-refractivity contribution in [3.63, 3.8) is 0 Å². The molecule has 0 bridgehead atoms. The lowest BCUT2D eigenvalue weighted by molar-refractivity contribution is 0.292. The monoisotopic (exact) mass is 258 g/mol. The van der Waals surface area contributed by atoms with Crippen molar-refractivity contribution >= 4 is 11.6 Å². The highest BCUT2D eigenvalue weighted by Crippen LogP contribution is 2.19. The van der Waals surface area contributed by atoms with E-state index in [0.29, 0.717) is 23.1 Å². The molecule has 2 aromatic rings. The van der Waals surface area contributed by atoms with Crippen LogP contribution in [-0.2, 0) is 6.61 Å². The molecule has 2 rings (SSSR count). The minimum atomic E-state index is 0.339. The standard InChI is InChI=1S/C14H11ClN2O/c1-10-5-6-17-14(13(10)8-16)18-9-11-3-2-4-12(15)7-11/h2-7H,9H2,1H3. The Labute approximate surface area is 111 Å². The van der Waals surface area contributed by atoms with E-state index < -0.39 is 0 Å². The van der Waals surface area contributed by atoms with Crippen molar-refractivity contribution in [2.45, 2.75) is 13.5 Å². The Bertz CT molecular complexity index is 605.